The van der Waals surface area contributed by atoms with Crippen molar-refractivity contribution in [2.75, 3.05) is 10.2 Å². The molecule has 1 aliphatic rings. The van der Waals surface area contributed by atoms with E-state index in [1.807, 2.05) is 66.4 Å². The minimum Gasteiger partial charge on any atom is -0.372 e. The number of amides is 1. The minimum atomic E-state index is -0.182. The zero-order valence-corrected chi connectivity index (χ0v) is 10.8. The molecule has 0 spiro atoms. The summed E-state index contributed by atoms with van der Waals surface area (Å²) in [6, 6.07) is 17.8. The predicted molar refractivity (Wildman–Crippen MR) is 77.2 cm³/mol. The Bertz CT molecular complexity index is 595. The first-order chi connectivity index (χ1) is 9.25. The molecular formula is C16H16N2O. The molecule has 0 radical (unpaired) electrons. The highest BCUT2D eigenvalue weighted by Gasteiger charge is 2.28. The van der Waals surface area contributed by atoms with Crippen molar-refractivity contribution in [1.82, 2.24) is 0 Å². The molecule has 0 aromatic heterocycles. The van der Waals surface area contributed by atoms with Crippen LogP contribution in [0.25, 0.3) is 0 Å². The monoisotopic (exact) mass is 252 g/mol. The van der Waals surface area contributed by atoms with E-state index in [2.05, 4.69) is 5.32 Å². The van der Waals surface area contributed by atoms with Crippen LogP contribution in [0.4, 0.5) is 11.4 Å². The summed E-state index contributed by atoms with van der Waals surface area (Å²) in [4.78, 5) is 14.2. The molecule has 1 heterocycles. The maximum absolute atomic E-state index is 12.4. The fraction of sp³-hybridized carbons (Fsp3) is 0.188. The number of fused-ring (bicyclic) bond motifs is 1. The lowest BCUT2D eigenvalue weighted by atomic mass is 10.1. The predicted octanol–water partition coefficient (Wildman–Crippen LogP) is 3.03. The summed E-state index contributed by atoms with van der Waals surface area (Å²) < 4.78 is 0. The second kappa shape index (κ2) is 4.76. The van der Waals surface area contributed by atoms with E-state index in [0.717, 1.165) is 16.9 Å². The Morgan fingerprint density at radius 1 is 1.05 bits per heavy atom. The van der Waals surface area contributed by atoms with Gasteiger partial charge in [0.15, 0.2) is 0 Å². The molecule has 1 aliphatic heterocycles. The van der Waals surface area contributed by atoms with Gasteiger partial charge in [-0.1, -0.05) is 42.5 Å². The molecule has 2 aromatic carbocycles. The van der Waals surface area contributed by atoms with E-state index in [-0.39, 0.29) is 11.9 Å². The molecule has 1 amide bonds. The van der Waals surface area contributed by atoms with E-state index in [4.69, 9.17) is 0 Å². The standard InChI is InChI=1S/C16H16N2O/c1-12-16(19)18(11-13-7-3-2-4-8-13)15-10-6-5-9-14(15)17-12/h2-10,12,17H,11H2,1H3. The molecule has 0 saturated carbocycles. The van der Waals surface area contributed by atoms with Crippen LogP contribution in [0.15, 0.2) is 54.6 Å². The molecule has 0 saturated heterocycles. The second-order valence-corrected chi connectivity index (χ2v) is 4.79. The van der Waals surface area contributed by atoms with Gasteiger partial charge in [-0.05, 0) is 24.6 Å². The fourth-order valence-corrected chi connectivity index (χ4v) is 2.41. The van der Waals surface area contributed by atoms with E-state index in [0.29, 0.717) is 6.54 Å². The number of carbonyl (C=O) groups excluding carboxylic acids is 1. The van der Waals surface area contributed by atoms with Crippen molar-refractivity contribution in [3.8, 4) is 0 Å². The van der Waals surface area contributed by atoms with Crippen LogP contribution in [0, 0.1) is 0 Å². The number of rotatable bonds is 2. The van der Waals surface area contributed by atoms with E-state index in [1.165, 1.54) is 0 Å². The second-order valence-electron chi connectivity index (χ2n) is 4.79. The van der Waals surface area contributed by atoms with E-state index in [1.54, 1.807) is 0 Å². The van der Waals surface area contributed by atoms with Crippen molar-refractivity contribution in [2.24, 2.45) is 0 Å². The van der Waals surface area contributed by atoms with Crippen molar-refractivity contribution in [3.05, 3.63) is 60.2 Å². The summed E-state index contributed by atoms with van der Waals surface area (Å²) in [5.74, 6) is 0.113. The Morgan fingerprint density at radius 3 is 2.53 bits per heavy atom. The molecule has 1 unspecified atom stereocenters. The highest BCUT2D eigenvalue weighted by Crippen LogP contribution is 2.32. The van der Waals surface area contributed by atoms with Gasteiger partial charge in [0.1, 0.15) is 6.04 Å². The quantitative estimate of drug-likeness (QED) is 0.891. The number of hydrogen-bond acceptors (Lipinski definition) is 2. The molecule has 96 valence electrons. The fourth-order valence-electron chi connectivity index (χ4n) is 2.41. The van der Waals surface area contributed by atoms with Gasteiger partial charge < -0.3 is 10.2 Å². The Hall–Kier alpha value is -2.29. The van der Waals surface area contributed by atoms with Gasteiger partial charge in [0, 0.05) is 0 Å². The number of nitrogens with zero attached hydrogens (tertiary/aromatic N) is 1. The first-order valence-electron chi connectivity index (χ1n) is 6.46. The molecule has 2 aromatic rings. The summed E-state index contributed by atoms with van der Waals surface area (Å²) in [5, 5.41) is 3.23. The molecule has 3 rings (SSSR count). The number of para-hydroxylation sites is 2. The summed E-state index contributed by atoms with van der Waals surface area (Å²) >= 11 is 0. The molecule has 1 N–H and O–H groups in total. The Balaban J connectivity index is 1.97. The lowest BCUT2D eigenvalue weighted by Gasteiger charge is -2.34. The van der Waals surface area contributed by atoms with Gasteiger partial charge in [0.05, 0.1) is 17.9 Å². The van der Waals surface area contributed by atoms with Crippen molar-refractivity contribution in [3.63, 3.8) is 0 Å². The third kappa shape index (κ3) is 2.19. The van der Waals surface area contributed by atoms with E-state index in [9.17, 15) is 4.79 Å². The van der Waals surface area contributed by atoms with Gasteiger partial charge in [0.25, 0.3) is 0 Å². The molecule has 0 bridgehead atoms. The van der Waals surface area contributed by atoms with Crippen LogP contribution in [-0.4, -0.2) is 11.9 Å². The van der Waals surface area contributed by atoms with E-state index < -0.39 is 0 Å². The molecule has 1 atom stereocenters. The number of carbonyl (C=O) groups is 1. The van der Waals surface area contributed by atoms with Crippen LogP contribution in [-0.2, 0) is 11.3 Å². The largest absolute Gasteiger partial charge is 0.372 e. The molecule has 3 nitrogen and oxygen atoms in total. The summed E-state index contributed by atoms with van der Waals surface area (Å²) in [6.07, 6.45) is 0. The van der Waals surface area contributed by atoms with Crippen molar-refractivity contribution < 1.29 is 4.79 Å². The van der Waals surface area contributed by atoms with Gasteiger partial charge in [-0.2, -0.15) is 0 Å². The van der Waals surface area contributed by atoms with Crippen molar-refractivity contribution >= 4 is 17.3 Å². The highest BCUT2D eigenvalue weighted by molar-refractivity contribution is 6.04. The maximum Gasteiger partial charge on any atom is 0.249 e. The Morgan fingerprint density at radius 2 is 1.74 bits per heavy atom. The van der Waals surface area contributed by atoms with Gasteiger partial charge in [-0.25, -0.2) is 0 Å². The summed E-state index contributed by atoms with van der Waals surface area (Å²) in [5.41, 5.74) is 3.11. The lowest BCUT2D eigenvalue weighted by molar-refractivity contribution is -0.119. The SMILES string of the molecule is CC1Nc2ccccc2N(Cc2ccccc2)C1=O. The zero-order valence-electron chi connectivity index (χ0n) is 10.8. The Labute approximate surface area is 112 Å². The van der Waals surface area contributed by atoms with Crippen LogP contribution >= 0.6 is 0 Å². The number of nitrogens with one attached hydrogen (secondary N) is 1. The Kier molecular flexibility index (Phi) is 2.95. The highest BCUT2D eigenvalue weighted by atomic mass is 16.2. The lowest BCUT2D eigenvalue weighted by Crippen LogP contribution is -2.45. The third-order valence-electron chi connectivity index (χ3n) is 3.39. The number of benzene rings is 2. The van der Waals surface area contributed by atoms with E-state index >= 15 is 0 Å². The van der Waals surface area contributed by atoms with Crippen molar-refractivity contribution in [1.29, 1.82) is 0 Å². The van der Waals surface area contributed by atoms with Gasteiger partial charge in [-0.15, -0.1) is 0 Å². The first kappa shape index (κ1) is 11.8. The number of anilines is 2. The minimum absolute atomic E-state index is 0.113. The van der Waals surface area contributed by atoms with Crippen LogP contribution in [0.2, 0.25) is 0 Å². The molecule has 19 heavy (non-hydrogen) atoms. The summed E-state index contributed by atoms with van der Waals surface area (Å²) in [7, 11) is 0. The zero-order chi connectivity index (χ0) is 13.2. The maximum atomic E-state index is 12.4. The number of hydrogen-bond donors (Lipinski definition) is 1. The van der Waals surface area contributed by atoms with Gasteiger partial charge in [0.2, 0.25) is 5.91 Å². The van der Waals surface area contributed by atoms with Crippen LogP contribution in [0.3, 0.4) is 0 Å². The normalized spacial score (nSPS) is 17.8. The van der Waals surface area contributed by atoms with Crippen LogP contribution in [0.5, 0.6) is 0 Å². The van der Waals surface area contributed by atoms with Gasteiger partial charge >= 0.3 is 0 Å². The molecule has 3 heteroatoms. The molecule has 0 fully saturated rings. The van der Waals surface area contributed by atoms with Gasteiger partial charge in [-0.3, -0.25) is 4.79 Å². The van der Waals surface area contributed by atoms with Crippen molar-refractivity contribution in [2.45, 2.75) is 19.5 Å². The first-order valence-corrected chi connectivity index (χ1v) is 6.46. The molecular weight excluding hydrogens is 236 g/mol. The topological polar surface area (TPSA) is 32.3 Å². The van der Waals surface area contributed by atoms with Crippen LogP contribution in [0.1, 0.15) is 12.5 Å². The smallest absolute Gasteiger partial charge is 0.249 e. The third-order valence-corrected chi connectivity index (χ3v) is 3.39. The summed E-state index contributed by atoms with van der Waals surface area (Å²) in [6.45, 7) is 2.51. The average Bonchev–Trinajstić information content (AvgIpc) is 2.45. The molecule has 0 aliphatic carbocycles. The average molecular weight is 252 g/mol. The van der Waals surface area contributed by atoms with Crippen LogP contribution < -0.4 is 10.2 Å².